The molecular formula is C16H22. The summed E-state index contributed by atoms with van der Waals surface area (Å²) >= 11 is 0. The van der Waals surface area contributed by atoms with E-state index in [-0.39, 0.29) is 0 Å². The SMILES string of the molecule is C=C(CCCCC)CC(=C)c1ccccc1. The molecule has 0 bridgehead atoms. The number of unbranched alkanes of at least 4 members (excludes halogenated alkanes) is 2. The molecule has 0 saturated heterocycles. The second kappa shape index (κ2) is 7.05. The van der Waals surface area contributed by atoms with Crippen LogP contribution in [0.1, 0.15) is 44.6 Å². The largest absolute Gasteiger partial charge is 0.0995 e. The number of benzene rings is 1. The summed E-state index contributed by atoms with van der Waals surface area (Å²) in [5, 5.41) is 0. The lowest BCUT2D eigenvalue weighted by Crippen LogP contribution is -1.87. The third kappa shape index (κ3) is 4.48. The highest BCUT2D eigenvalue weighted by Gasteiger charge is 2.01. The summed E-state index contributed by atoms with van der Waals surface area (Å²) in [6.45, 7) is 10.5. The summed E-state index contributed by atoms with van der Waals surface area (Å²) in [6.07, 6.45) is 5.91. The first-order valence-corrected chi connectivity index (χ1v) is 6.14. The number of hydrogen-bond donors (Lipinski definition) is 0. The zero-order valence-electron chi connectivity index (χ0n) is 10.3. The summed E-state index contributed by atoms with van der Waals surface area (Å²) in [6, 6.07) is 10.4. The predicted octanol–water partition coefficient (Wildman–Crippen LogP) is 5.23. The molecule has 0 heterocycles. The Balaban J connectivity index is 2.37. The van der Waals surface area contributed by atoms with Gasteiger partial charge in [-0.25, -0.2) is 0 Å². The van der Waals surface area contributed by atoms with Crippen LogP contribution in [0.4, 0.5) is 0 Å². The van der Waals surface area contributed by atoms with Crippen LogP contribution in [-0.4, -0.2) is 0 Å². The molecule has 0 nitrogen and oxygen atoms in total. The topological polar surface area (TPSA) is 0 Å². The fourth-order valence-corrected chi connectivity index (χ4v) is 1.79. The summed E-state index contributed by atoms with van der Waals surface area (Å²) in [7, 11) is 0. The molecule has 0 aliphatic rings. The second-order valence-electron chi connectivity index (χ2n) is 4.35. The van der Waals surface area contributed by atoms with Gasteiger partial charge >= 0.3 is 0 Å². The summed E-state index contributed by atoms with van der Waals surface area (Å²) in [4.78, 5) is 0. The molecule has 16 heavy (non-hydrogen) atoms. The molecule has 86 valence electrons. The summed E-state index contributed by atoms with van der Waals surface area (Å²) < 4.78 is 0. The average molecular weight is 214 g/mol. The molecule has 1 aromatic carbocycles. The molecule has 0 aromatic heterocycles. The van der Waals surface area contributed by atoms with Crippen LogP contribution in [0.2, 0.25) is 0 Å². The van der Waals surface area contributed by atoms with Gasteiger partial charge in [0.2, 0.25) is 0 Å². The van der Waals surface area contributed by atoms with Crippen molar-refractivity contribution in [2.75, 3.05) is 0 Å². The van der Waals surface area contributed by atoms with Crippen molar-refractivity contribution in [3.63, 3.8) is 0 Å². The van der Waals surface area contributed by atoms with Crippen LogP contribution in [0.25, 0.3) is 5.57 Å². The minimum atomic E-state index is 0.938. The number of hydrogen-bond acceptors (Lipinski definition) is 0. The van der Waals surface area contributed by atoms with E-state index in [2.05, 4.69) is 44.3 Å². The van der Waals surface area contributed by atoms with Crippen molar-refractivity contribution in [3.05, 3.63) is 54.6 Å². The minimum absolute atomic E-state index is 0.938. The van der Waals surface area contributed by atoms with E-state index in [0.29, 0.717) is 0 Å². The molecule has 0 atom stereocenters. The van der Waals surface area contributed by atoms with Gasteiger partial charge in [0.15, 0.2) is 0 Å². The molecular weight excluding hydrogens is 192 g/mol. The summed E-state index contributed by atoms with van der Waals surface area (Å²) in [5.41, 5.74) is 3.73. The molecule has 0 heteroatoms. The van der Waals surface area contributed by atoms with Gasteiger partial charge in [-0.05, 0) is 30.4 Å². The van der Waals surface area contributed by atoms with E-state index < -0.39 is 0 Å². The van der Waals surface area contributed by atoms with E-state index >= 15 is 0 Å². The van der Waals surface area contributed by atoms with Crippen LogP contribution in [-0.2, 0) is 0 Å². The highest BCUT2D eigenvalue weighted by Crippen LogP contribution is 2.22. The zero-order valence-corrected chi connectivity index (χ0v) is 10.3. The first-order valence-electron chi connectivity index (χ1n) is 6.14. The maximum absolute atomic E-state index is 4.13. The van der Waals surface area contributed by atoms with E-state index in [1.165, 1.54) is 36.0 Å². The van der Waals surface area contributed by atoms with E-state index in [9.17, 15) is 0 Å². The Kier molecular flexibility index (Phi) is 5.63. The van der Waals surface area contributed by atoms with Gasteiger partial charge in [0.05, 0.1) is 0 Å². The highest BCUT2D eigenvalue weighted by molar-refractivity contribution is 5.65. The van der Waals surface area contributed by atoms with Crippen LogP contribution in [0, 0.1) is 0 Å². The van der Waals surface area contributed by atoms with Gasteiger partial charge in [0.25, 0.3) is 0 Å². The first kappa shape index (κ1) is 12.8. The lowest BCUT2D eigenvalue weighted by molar-refractivity contribution is 0.709. The normalized spacial score (nSPS) is 10.1. The van der Waals surface area contributed by atoms with Crippen LogP contribution in [0.15, 0.2) is 49.1 Å². The first-order chi connectivity index (χ1) is 7.74. The number of rotatable bonds is 7. The van der Waals surface area contributed by atoms with Gasteiger partial charge in [0, 0.05) is 0 Å². The molecule has 0 radical (unpaired) electrons. The van der Waals surface area contributed by atoms with Gasteiger partial charge in [-0.2, -0.15) is 0 Å². The molecule has 0 N–H and O–H groups in total. The van der Waals surface area contributed by atoms with Crippen molar-refractivity contribution in [1.29, 1.82) is 0 Å². The molecule has 0 unspecified atom stereocenters. The Hall–Kier alpha value is -1.30. The third-order valence-electron chi connectivity index (χ3n) is 2.78. The van der Waals surface area contributed by atoms with E-state index in [0.717, 1.165) is 12.8 Å². The third-order valence-corrected chi connectivity index (χ3v) is 2.78. The number of allylic oxidation sites excluding steroid dienone is 2. The zero-order chi connectivity index (χ0) is 11.8. The van der Waals surface area contributed by atoms with Gasteiger partial charge in [-0.15, -0.1) is 0 Å². The van der Waals surface area contributed by atoms with Gasteiger partial charge in [-0.1, -0.05) is 68.8 Å². The molecule has 1 rings (SSSR count). The van der Waals surface area contributed by atoms with Crippen molar-refractivity contribution in [1.82, 2.24) is 0 Å². The Morgan fingerprint density at radius 1 is 1.06 bits per heavy atom. The van der Waals surface area contributed by atoms with Crippen molar-refractivity contribution in [3.8, 4) is 0 Å². The molecule has 0 aliphatic heterocycles. The average Bonchev–Trinajstić information content (AvgIpc) is 2.30. The molecule has 0 aliphatic carbocycles. The van der Waals surface area contributed by atoms with Crippen molar-refractivity contribution in [2.24, 2.45) is 0 Å². The van der Waals surface area contributed by atoms with E-state index in [1.54, 1.807) is 0 Å². The van der Waals surface area contributed by atoms with E-state index in [4.69, 9.17) is 0 Å². The fourth-order valence-electron chi connectivity index (χ4n) is 1.79. The summed E-state index contributed by atoms with van der Waals surface area (Å²) in [5.74, 6) is 0. The minimum Gasteiger partial charge on any atom is -0.0995 e. The van der Waals surface area contributed by atoms with Gasteiger partial charge < -0.3 is 0 Å². The monoisotopic (exact) mass is 214 g/mol. The smallest absolute Gasteiger partial charge is 0.00697 e. The molecule has 0 fully saturated rings. The van der Waals surface area contributed by atoms with Crippen LogP contribution >= 0.6 is 0 Å². The lowest BCUT2D eigenvalue weighted by atomic mass is 9.97. The molecule has 1 aromatic rings. The quantitative estimate of drug-likeness (QED) is 0.431. The van der Waals surface area contributed by atoms with Crippen LogP contribution in [0.5, 0.6) is 0 Å². The van der Waals surface area contributed by atoms with Crippen LogP contribution in [0.3, 0.4) is 0 Å². The standard InChI is InChI=1S/C16H22/c1-4-5-7-10-14(2)13-15(3)16-11-8-6-9-12-16/h6,8-9,11-12H,2-5,7,10,13H2,1H3. The molecule has 0 spiro atoms. The Labute approximate surface area is 99.7 Å². The Morgan fingerprint density at radius 2 is 1.75 bits per heavy atom. The lowest BCUT2D eigenvalue weighted by Gasteiger charge is -2.08. The maximum atomic E-state index is 4.13. The Bertz CT molecular complexity index is 332. The second-order valence-corrected chi connectivity index (χ2v) is 4.35. The van der Waals surface area contributed by atoms with Gasteiger partial charge in [-0.3, -0.25) is 0 Å². The molecule has 0 amide bonds. The fraction of sp³-hybridized carbons (Fsp3) is 0.375. The maximum Gasteiger partial charge on any atom is -0.00697 e. The molecule has 0 saturated carbocycles. The van der Waals surface area contributed by atoms with Gasteiger partial charge in [0.1, 0.15) is 0 Å². The predicted molar refractivity (Wildman–Crippen MR) is 73.4 cm³/mol. The van der Waals surface area contributed by atoms with Crippen molar-refractivity contribution < 1.29 is 0 Å². The van der Waals surface area contributed by atoms with Crippen molar-refractivity contribution >= 4 is 5.57 Å². The van der Waals surface area contributed by atoms with Crippen molar-refractivity contribution in [2.45, 2.75) is 39.0 Å². The van der Waals surface area contributed by atoms with Crippen LogP contribution < -0.4 is 0 Å². The highest BCUT2D eigenvalue weighted by atomic mass is 14.1. The Morgan fingerprint density at radius 3 is 2.38 bits per heavy atom. The van der Waals surface area contributed by atoms with E-state index in [1.807, 2.05) is 6.07 Å².